The van der Waals surface area contributed by atoms with E-state index in [0.29, 0.717) is 23.8 Å². The number of fused-ring (bicyclic) bond motifs is 1. The molecule has 144 valence electrons. The molecule has 1 unspecified atom stereocenters. The minimum atomic E-state index is -0.0994. The molecular formula is C22H25N5O. The number of pyridine rings is 1. The van der Waals surface area contributed by atoms with Crippen LogP contribution in [0.5, 0.6) is 0 Å². The van der Waals surface area contributed by atoms with Gasteiger partial charge in [-0.3, -0.25) is 9.13 Å². The highest BCUT2D eigenvalue weighted by Gasteiger charge is 2.22. The first-order chi connectivity index (χ1) is 13.6. The summed E-state index contributed by atoms with van der Waals surface area (Å²) in [5, 5.41) is 0. The van der Waals surface area contributed by atoms with Crippen molar-refractivity contribution in [1.82, 2.24) is 14.1 Å². The Hall–Kier alpha value is -3.07. The van der Waals surface area contributed by atoms with Gasteiger partial charge in [0.15, 0.2) is 11.3 Å². The fourth-order valence-electron chi connectivity index (χ4n) is 4.20. The molecule has 1 fully saturated rings. The van der Waals surface area contributed by atoms with Crippen molar-refractivity contribution in [2.75, 3.05) is 18.0 Å². The van der Waals surface area contributed by atoms with Crippen molar-refractivity contribution in [2.45, 2.75) is 32.7 Å². The van der Waals surface area contributed by atoms with Crippen LogP contribution >= 0.6 is 0 Å². The largest absolute Gasteiger partial charge is 0.369 e. The molecule has 0 spiro atoms. The number of imidazole rings is 1. The molecule has 28 heavy (non-hydrogen) atoms. The third kappa shape index (κ3) is 3.18. The topological polar surface area (TPSA) is 47.4 Å². The first-order valence-corrected chi connectivity index (χ1v) is 9.84. The lowest BCUT2D eigenvalue weighted by molar-refractivity contribution is 0.545. The Morgan fingerprint density at radius 3 is 2.89 bits per heavy atom. The normalized spacial score (nSPS) is 17.5. The molecule has 1 aromatic carbocycles. The Bertz CT molecular complexity index is 1100. The van der Waals surface area contributed by atoms with Crippen LogP contribution in [0.3, 0.4) is 0 Å². The fourth-order valence-corrected chi connectivity index (χ4v) is 4.20. The van der Waals surface area contributed by atoms with Crippen LogP contribution in [-0.2, 0) is 13.6 Å². The number of benzene rings is 1. The van der Waals surface area contributed by atoms with E-state index in [9.17, 15) is 4.79 Å². The molecule has 0 bridgehead atoms. The minimum Gasteiger partial charge on any atom is -0.369 e. The van der Waals surface area contributed by atoms with E-state index in [2.05, 4.69) is 21.7 Å². The van der Waals surface area contributed by atoms with Gasteiger partial charge in [-0.15, -0.1) is 0 Å². The highest BCUT2D eigenvalue weighted by Crippen LogP contribution is 2.29. The molecule has 3 aromatic rings. The van der Waals surface area contributed by atoms with Gasteiger partial charge in [-0.2, -0.15) is 0 Å². The molecule has 1 aliphatic rings. The van der Waals surface area contributed by atoms with Gasteiger partial charge in [0, 0.05) is 32.9 Å². The van der Waals surface area contributed by atoms with E-state index in [0.717, 1.165) is 36.3 Å². The molecule has 1 saturated heterocycles. The van der Waals surface area contributed by atoms with Gasteiger partial charge in [0.05, 0.1) is 12.3 Å². The van der Waals surface area contributed by atoms with Crippen molar-refractivity contribution in [2.24, 2.45) is 13.0 Å². The first kappa shape index (κ1) is 18.3. The highest BCUT2D eigenvalue weighted by atomic mass is 16.1. The van der Waals surface area contributed by atoms with Crippen LogP contribution in [-0.4, -0.2) is 27.2 Å². The molecule has 2 aromatic heterocycles. The van der Waals surface area contributed by atoms with Gasteiger partial charge in [0.2, 0.25) is 0 Å². The molecule has 0 N–H and O–H groups in total. The van der Waals surface area contributed by atoms with E-state index in [1.807, 2.05) is 24.3 Å². The maximum Gasteiger partial charge on any atom is 0.330 e. The summed E-state index contributed by atoms with van der Waals surface area (Å²) in [5.41, 5.74) is 3.96. The number of rotatable bonds is 3. The third-order valence-electron chi connectivity index (χ3n) is 5.68. The van der Waals surface area contributed by atoms with Crippen LogP contribution in [0.25, 0.3) is 16.0 Å². The van der Waals surface area contributed by atoms with Crippen molar-refractivity contribution >= 4 is 22.5 Å². The molecule has 0 radical (unpaired) electrons. The predicted molar refractivity (Wildman–Crippen MR) is 112 cm³/mol. The quantitative estimate of drug-likeness (QED) is 0.651. The van der Waals surface area contributed by atoms with E-state index in [-0.39, 0.29) is 5.69 Å². The van der Waals surface area contributed by atoms with Crippen molar-refractivity contribution < 1.29 is 0 Å². The zero-order valence-electron chi connectivity index (χ0n) is 16.4. The first-order valence-electron chi connectivity index (χ1n) is 9.84. The lowest BCUT2D eigenvalue weighted by Gasteiger charge is -2.26. The van der Waals surface area contributed by atoms with Gasteiger partial charge >= 0.3 is 5.69 Å². The Morgan fingerprint density at radius 1 is 1.25 bits per heavy atom. The average Bonchev–Trinajstić information content (AvgIpc) is 2.86. The molecular weight excluding hydrogens is 350 g/mol. The smallest absolute Gasteiger partial charge is 0.330 e. The number of hydrogen-bond donors (Lipinski definition) is 0. The molecule has 0 amide bonds. The number of aryl methyl sites for hydroxylation is 1. The lowest BCUT2D eigenvalue weighted by Crippen LogP contribution is -2.28. The Labute approximate surface area is 164 Å². The number of anilines is 1. The molecule has 6 heteroatoms. The molecule has 1 atom stereocenters. The van der Waals surface area contributed by atoms with Gasteiger partial charge in [-0.25, -0.2) is 14.6 Å². The molecule has 0 saturated carbocycles. The summed E-state index contributed by atoms with van der Waals surface area (Å²) in [6, 6.07) is 9.51. The number of hydrogen-bond acceptors (Lipinski definition) is 3. The maximum atomic E-state index is 13.0. The SMILES string of the molecule is [C-]#[N+]c1ccccc1Cn1c(=O)n(C)c2nccc(N3CCCCC(C)C3)c21. The third-order valence-corrected chi connectivity index (χ3v) is 5.68. The van der Waals surface area contributed by atoms with Crippen molar-refractivity contribution in [1.29, 1.82) is 0 Å². The second kappa shape index (κ2) is 7.51. The van der Waals surface area contributed by atoms with Crippen LogP contribution in [0.4, 0.5) is 11.4 Å². The molecule has 4 rings (SSSR count). The summed E-state index contributed by atoms with van der Waals surface area (Å²) in [6.45, 7) is 12.1. The second-order valence-electron chi connectivity index (χ2n) is 7.72. The molecule has 6 nitrogen and oxygen atoms in total. The zero-order chi connectivity index (χ0) is 19.7. The second-order valence-corrected chi connectivity index (χ2v) is 7.72. The van der Waals surface area contributed by atoms with E-state index >= 15 is 0 Å². The molecule has 0 aliphatic carbocycles. The summed E-state index contributed by atoms with van der Waals surface area (Å²) in [6.07, 6.45) is 5.44. The Balaban J connectivity index is 1.88. The number of para-hydroxylation sites is 1. The summed E-state index contributed by atoms with van der Waals surface area (Å²) in [5.74, 6) is 0.623. The minimum absolute atomic E-state index is 0.0994. The monoisotopic (exact) mass is 375 g/mol. The number of aromatic nitrogens is 3. The average molecular weight is 375 g/mol. The summed E-state index contributed by atoms with van der Waals surface area (Å²) in [4.78, 5) is 23.6. The van der Waals surface area contributed by atoms with E-state index in [4.69, 9.17) is 6.57 Å². The summed E-state index contributed by atoms with van der Waals surface area (Å²) >= 11 is 0. The summed E-state index contributed by atoms with van der Waals surface area (Å²) in [7, 11) is 1.77. The van der Waals surface area contributed by atoms with E-state index in [1.165, 1.54) is 12.8 Å². The van der Waals surface area contributed by atoms with Crippen molar-refractivity contribution in [3.05, 3.63) is 64.0 Å². The highest BCUT2D eigenvalue weighted by molar-refractivity contribution is 5.87. The van der Waals surface area contributed by atoms with E-state index in [1.54, 1.807) is 28.4 Å². The molecule has 1 aliphatic heterocycles. The Morgan fingerprint density at radius 2 is 2.07 bits per heavy atom. The van der Waals surface area contributed by atoms with Crippen LogP contribution < -0.4 is 10.6 Å². The van der Waals surface area contributed by atoms with Gasteiger partial charge in [-0.1, -0.05) is 37.6 Å². The summed E-state index contributed by atoms with van der Waals surface area (Å²) < 4.78 is 3.39. The van der Waals surface area contributed by atoms with Crippen molar-refractivity contribution in [3.63, 3.8) is 0 Å². The van der Waals surface area contributed by atoms with E-state index < -0.39 is 0 Å². The van der Waals surface area contributed by atoms with Crippen molar-refractivity contribution in [3.8, 4) is 0 Å². The van der Waals surface area contributed by atoms with Gasteiger partial charge < -0.3 is 4.90 Å². The van der Waals surface area contributed by atoms with Crippen LogP contribution in [0.15, 0.2) is 41.3 Å². The number of nitrogens with zero attached hydrogens (tertiary/aromatic N) is 5. The standard InChI is InChI=1S/C22H25N5O/c1-16-8-6-7-13-26(14-16)19-11-12-24-21-20(19)27(22(28)25(21)3)15-17-9-4-5-10-18(17)23-2/h4-5,9-12,16H,6-8,13-15H2,1,3H3. The Kier molecular flexibility index (Phi) is 4.91. The maximum absolute atomic E-state index is 13.0. The van der Waals surface area contributed by atoms with Crippen LogP contribution in [0, 0.1) is 12.5 Å². The predicted octanol–water partition coefficient (Wildman–Crippen LogP) is 3.96. The van der Waals surface area contributed by atoms with Gasteiger partial charge in [0.1, 0.15) is 5.52 Å². The molecule has 3 heterocycles. The van der Waals surface area contributed by atoms with Gasteiger partial charge in [-0.05, 0) is 30.4 Å². The van der Waals surface area contributed by atoms with Gasteiger partial charge in [0.25, 0.3) is 0 Å². The fraction of sp³-hybridized carbons (Fsp3) is 0.409. The lowest BCUT2D eigenvalue weighted by atomic mass is 10.1. The van der Waals surface area contributed by atoms with Crippen LogP contribution in [0.1, 0.15) is 31.7 Å². The van der Waals surface area contributed by atoms with Crippen LogP contribution in [0.2, 0.25) is 0 Å². The zero-order valence-corrected chi connectivity index (χ0v) is 16.4.